The molecule has 1 amide bonds. The molecule has 3 unspecified atom stereocenters. The van der Waals surface area contributed by atoms with E-state index in [1.165, 1.54) is 17.8 Å². The van der Waals surface area contributed by atoms with Gasteiger partial charge in [0.1, 0.15) is 11.8 Å². The Morgan fingerprint density at radius 3 is 2.68 bits per heavy atom. The van der Waals surface area contributed by atoms with Crippen molar-refractivity contribution in [2.75, 3.05) is 7.05 Å². The van der Waals surface area contributed by atoms with Crippen molar-refractivity contribution in [3.63, 3.8) is 0 Å². The first kappa shape index (κ1) is 17.7. The number of allylic oxidation sites excluding steroid dienone is 4. The lowest BCUT2D eigenvalue weighted by atomic mass is 9.49. The number of carbonyl (C=O) groups excluding carboxylic acids is 1. The number of fused-ring (bicyclic) bond motifs is 5. The summed E-state index contributed by atoms with van der Waals surface area (Å²) in [5, 5.41) is 9.47. The van der Waals surface area contributed by atoms with Crippen molar-refractivity contribution in [1.82, 2.24) is 14.5 Å². The molecule has 5 nitrogen and oxygen atoms in total. The molecule has 0 spiro atoms. The number of imidazole rings is 1. The predicted molar refractivity (Wildman–Crippen MR) is 106 cm³/mol. The van der Waals surface area contributed by atoms with Crippen LogP contribution in [-0.2, 0) is 4.79 Å². The lowest BCUT2D eigenvalue weighted by Crippen LogP contribution is -2.53. The van der Waals surface area contributed by atoms with Gasteiger partial charge in [0, 0.05) is 35.7 Å². The third kappa shape index (κ3) is 2.12. The molecular weight excluding hydrogens is 348 g/mol. The zero-order chi connectivity index (χ0) is 19.7. The van der Waals surface area contributed by atoms with Gasteiger partial charge in [0.15, 0.2) is 0 Å². The third-order valence-corrected chi connectivity index (χ3v) is 8.57. The second-order valence-corrected chi connectivity index (χ2v) is 9.61. The first-order valence-electron chi connectivity index (χ1n) is 10.5. The van der Waals surface area contributed by atoms with Gasteiger partial charge in [0.05, 0.1) is 12.5 Å². The van der Waals surface area contributed by atoms with Gasteiger partial charge in [0.2, 0.25) is 5.91 Å². The summed E-state index contributed by atoms with van der Waals surface area (Å²) in [7, 11) is 1.95. The van der Waals surface area contributed by atoms with Gasteiger partial charge in [-0.15, -0.1) is 0 Å². The first-order valence-corrected chi connectivity index (χ1v) is 10.5. The Morgan fingerprint density at radius 2 is 1.89 bits per heavy atom. The number of hydrogen-bond acceptors (Lipinski definition) is 3. The number of carbonyl (C=O) groups is 1. The quantitative estimate of drug-likeness (QED) is 0.738. The highest BCUT2D eigenvalue weighted by atomic mass is 16.2. The van der Waals surface area contributed by atoms with Crippen LogP contribution in [0.1, 0.15) is 58.1 Å². The second-order valence-electron chi connectivity index (χ2n) is 9.61. The van der Waals surface area contributed by atoms with E-state index in [2.05, 4.69) is 37.1 Å². The normalized spacial score (nSPS) is 39.4. The molecule has 0 N–H and O–H groups in total. The maximum Gasteiger partial charge on any atom is 0.226 e. The van der Waals surface area contributed by atoms with E-state index in [-0.39, 0.29) is 16.7 Å². The molecule has 1 aliphatic heterocycles. The molecule has 0 aromatic carbocycles. The Labute approximate surface area is 166 Å². The molecule has 1 aromatic rings. The molecule has 146 valence electrons. The van der Waals surface area contributed by atoms with Crippen LogP contribution in [-0.4, -0.2) is 27.4 Å². The Bertz CT molecular complexity index is 950. The fourth-order valence-electron chi connectivity index (χ4n) is 7.07. The van der Waals surface area contributed by atoms with E-state index in [1.807, 2.05) is 16.5 Å². The van der Waals surface area contributed by atoms with E-state index in [1.54, 1.807) is 12.5 Å². The SMILES string of the molecule is CN1C(=O)CC[C@@]2(C)C1=CCC1C2CC[C@]2(C)C(n3cncc3C#N)=CCC12. The highest BCUT2D eigenvalue weighted by Gasteiger charge is 2.58. The van der Waals surface area contributed by atoms with Crippen LogP contribution in [0.2, 0.25) is 0 Å². The molecule has 0 bridgehead atoms. The van der Waals surface area contributed by atoms with Gasteiger partial charge in [-0.05, 0) is 49.9 Å². The minimum atomic E-state index is 0.0888. The molecule has 5 heteroatoms. The van der Waals surface area contributed by atoms with Crippen LogP contribution in [0.25, 0.3) is 5.70 Å². The Morgan fingerprint density at radius 1 is 1.14 bits per heavy atom. The molecule has 3 aliphatic carbocycles. The largest absolute Gasteiger partial charge is 0.319 e. The summed E-state index contributed by atoms with van der Waals surface area (Å²) in [5.41, 5.74) is 3.36. The van der Waals surface area contributed by atoms with E-state index in [0.717, 1.165) is 25.7 Å². The summed E-state index contributed by atoms with van der Waals surface area (Å²) in [5.74, 6) is 2.12. The fraction of sp³-hybridized carbons (Fsp3) is 0.609. The predicted octanol–water partition coefficient (Wildman–Crippen LogP) is 4.19. The second kappa shape index (κ2) is 5.83. The molecule has 1 saturated carbocycles. The minimum Gasteiger partial charge on any atom is -0.319 e. The summed E-state index contributed by atoms with van der Waals surface area (Å²) in [6.07, 6.45) is 14.3. The van der Waals surface area contributed by atoms with Crippen LogP contribution in [0, 0.1) is 39.9 Å². The van der Waals surface area contributed by atoms with Gasteiger partial charge < -0.3 is 4.90 Å². The van der Waals surface area contributed by atoms with Crippen molar-refractivity contribution < 1.29 is 4.79 Å². The third-order valence-electron chi connectivity index (χ3n) is 8.57. The average molecular weight is 377 g/mol. The lowest BCUT2D eigenvalue weighted by molar-refractivity contribution is -0.135. The summed E-state index contributed by atoms with van der Waals surface area (Å²) >= 11 is 0. The monoisotopic (exact) mass is 376 g/mol. The Hall–Kier alpha value is -2.35. The van der Waals surface area contributed by atoms with Crippen molar-refractivity contribution in [3.05, 3.63) is 36.1 Å². The van der Waals surface area contributed by atoms with Crippen LogP contribution in [0.4, 0.5) is 0 Å². The molecule has 5 atom stereocenters. The summed E-state index contributed by atoms with van der Waals surface area (Å²) in [6.45, 7) is 4.79. The van der Waals surface area contributed by atoms with Gasteiger partial charge >= 0.3 is 0 Å². The molecule has 4 aliphatic rings. The fourth-order valence-corrected chi connectivity index (χ4v) is 7.07. The maximum absolute atomic E-state index is 12.3. The topological polar surface area (TPSA) is 61.9 Å². The molecule has 5 rings (SSSR count). The van der Waals surface area contributed by atoms with Crippen LogP contribution in [0.3, 0.4) is 0 Å². The molecule has 2 fully saturated rings. The van der Waals surface area contributed by atoms with E-state index in [4.69, 9.17) is 0 Å². The number of nitriles is 1. The Kier molecular flexibility index (Phi) is 3.69. The molecule has 2 heterocycles. The molecule has 1 saturated heterocycles. The standard InChI is InChI=1S/C23H28N4O/c1-22-11-9-21(28)26(3)19(22)6-4-16-17-5-7-20(23(17,2)10-8-18(16)22)27-14-25-13-15(27)12-24/h6-7,13-14,16-18H,4-5,8-11H2,1-3H3/t16?,17?,18?,22-,23+/m1/s1. The molecular formula is C23H28N4O. The first-order chi connectivity index (χ1) is 13.4. The van der Waals surface area contributed by atoms with Crippen molar-refractivity contribution in [2.24, 2.45) is 28.6 Å². The average Bonchev–Trinajstić information content (AvgIpc) is 3.28. The highest BCUT2D eigenvalue weighted by Crippen LogP contribution is 2.65. The van der Waals surface area contributed by atoms with Gasteiger partial charge in [-0.1, -0.05) is 26.0 Å². The van der Waals surface area contributed by atoms with Crippen LogP contribution < -0.4 is 0 Å². The minimum absolute atomic E-state index is 0.0888. The van der Waals surface area contributed by atoms with Gasteiger partial charge in [-0.2, -0.15) is 5.26 Å². The molecule has 0 radical (unpaired) electrons. The van der Waals surface area contributed by atoms with Crippen molar-refractivity contribution >= 4 is 11.6 Å². The van der Waals surface area contributed by atoms with Crippen molar-refractivity contribution in [1.29, 1.82) is 5.26 Å². The molecule has 1 aromatic heterocycles. The van der Waals surface area contributed by atoms with Crippen molar-refractivity contribution in [3.8, 4) is 6.07 Å². The van der Waals surface area contributed by atoms with E-state index in [9.17, 15) is 10.1 Å². The molecule has 28 heavy (non-hydrogen) atoms. The van der Waals surface area contributed by atoms with E-state index >= 15 is 0 Å². The summed E-state index contributed by atoms with van der Waals surface area (Å²) in [6, 6.07) is 2.29. The number of piperidine rings is 1. The van der Waals surface area contributed by atoms with Gasteiger partial charge in [0.25, 0.3) is 0 Å². The number of rotatable bonds is 1. The smallest absolute Gasteiger partial charge is 0.226 e. The maximum atomic E-state index is 12.3. The number of aromatic nitrogens is 2. The summed E-state index contributed by atoms with van der Waals surface area (Å²) < 4.78 is 2.01. The Balaban J connectivity index is 1.50. The van der Waals surface area contributed by atoms with Crippen LogP contribution in [0.15, 0.2) is 30.4 Å². The highest BCUT2D eigenvalue weighted by molar-refractivity contribution is 5.79. The number of hydrogen-bond donors (Lipinski definition) is 0. The number of nitrogens with zero attached hydrogens (tertiary/aromatic N) is 4. The number of amides is 1. The van der Waals surface area contributed by atoms with Crippen LogP contribution >= 0.6 is 0 Å². The number of likely N-dealkylation sites (tertiary alicyclic amines) is 1. The van der Waals surface area contributed by atoms with E-state index in [0.29, 0.717) is 29.9 Å². The van der Waals surface area contributed by atoms with Gasteiger partial charge in [-0.25, -0.2) is 4.98 Å². The lowest BCUT2D eigenvalue weighted by Gasteiger charge is -2.58. The zero-order valence-corrected chi connectivity index (χ0v) is 17.0. The van der Waals surface area contributed by atoms with E-state index < -0.39 is 0 Å². The summed E-state index contributed by atoms with van der Waals surface area (Å²) in [4.78, 5) is 18.4. The zero-order valence-electron chi connectivity index (χ0n) is 17.0. The van der Waals surface area contributed by atoms with Crippen molar-refractivity contribution in [2.45, 2.75) is 52.4 Å². The van der Waals surface area contributed by atoms with Crippen LogP contribution in [0.5, 0.6) is 0 Å². The van der Waals surface area contributed by atoms with Gasteiger partial charge in [-0.3, -0.25) is 9.36 Å².